The third-order valence-electron chi connectivity index (χ3n) is 4.85. The van der Waals surface area contributed by atoms with Crippen molar-refractivity contribution in [2.75, 3.05) is 25.0 Å². The van der Waals surface area contributed by atoms with Gasteiger partial charge in [-0.3, -0.25) is 4.79 Å². The van der Waals surface area contributed by atoms with E-state index in [-0.39, 0.29) is 29.9 Å². The Bertz CT molecular complexity index is 876. The quantitative estimate of drug-likeness (QED) is 0.736. The molecule has 0 unspecified atom stereocenters. The van der Waals surface area contributed by atoms with Crippen LogP contribution in [0, 0.1) is 5.92 Å². The summed E-state index contributed by atoms with van der Waals surface area (Å²) in [5.74, 6) is -0.227. The van der Waals surface area contributed by atoms with Gasteiger partial charge in [-0.1, -0.05) is 6.07 Å². The van der Waals surface area contributed by atoms with Crippen LogP contribution in [-0.2, 0) is 10.9 Å². The Balaban J connectivity index is 1.45. The van der Waals surface area contributed by atoms with Crippen LogP contribution < -0.4 is 16.0 Å². The van der Waals surface area contributed by atoms with Crippen molar-refractivity contribution in [2.45, 2.75) is 18.3 Å². The number of hydrogen-bond acceptors (Lipinski definition) is 6. The van der Waals surface area contributed by atoms with E-state index in [1.165, 1.54) is 0 Å². The molecule has 3 heterocycles. The number of amides is 1. The minimum absolute atomic E-state index is 0.0732. The Labute approximate surface area is 158 Å². The van der Waals surface area contributed by atoms with Crippen LogP contribution in [0.3, 0.4) is 0 Å². The first-order valence-electron chi connectivity index (χ1n) is 8.81. The van der Waals surface area contributed by atoms with Gasteiger partial charge in [-0.2, -0.15) is 13.2 Å². The molecule has 2 aromatic rings. The molecule has 0 saturated carbocycles. The number of nitrogens with one attached hydrogen (secondary N) is 3. The number of hydrogen-bond donors (Lipinski definition) is 3. The lowest BCUT2D eigenvalue weighted by atomic mass is 10.00. The maximum absolute atomic E-state index is 12.8. The smallest absolute Gasteiger partial charge is 0.374 e. The summed E-state index contributed by atoms with van der Waals surface area (Å²) in [6.45, 7) is 2.05. The largest absolute Gasteiger partial charge is 0.433 e. The van der Waals surface area contributed by atoms with Gasteiger partial charge >= 0.3 is 6.18 Å². The second kappa shape index (κ2) is 7.36. The van der Waals surface area contributed by atoms with Gasteiger partial charge in [0, 0.05) is 36.5 Å². The molecule has 1 aromatic heterocycles. The van der Waals surface area contributed by atoms with Crippen molar-refractivity contribution in [1.82, 2.24) is 20.6 Å². The van der Waals surface area contributed by atoms with E-state index in [9.17, 15) is 18.0 Å². The number of rotatable bonds is 4. The van der Waals surface area contributed by atoms with Crippen molar-refractivity contribution in [2.24, 2.45) is 5.92 Å². The highest BCUT2D eigenvalue weighted by Gasteiger charge is 2.41. The molecule has 0 spiro atoms. The number of fused-ring (bicyclic) bond motifs is 1. The molecular weight excluding hydrogens is 375 g/mol. The van der Waals surface area contributed by atoms with Crippen molar-refractivity contribution in [3.63, 3.8) is 0 Å². The molecule has 4 rings (SSSR count). The Morgan fingerprint density at radius 1 is 1.25 bits per heavy atom. The molecule has 7 nitrogen and oxygen atoms in total. The normalized spacial score (nSPS) is 24.0. The summed E-state index contributed by atoms with van der Waals surface area (Å²) >= 11 is 0. The van der Waals surface area contributed by atoms with Gasteiger partial charge in [0.05, 0.1) is 18.8 Å². The van der Waals surface area contributed by atoms with Gasteiger partial charge in [0.25, 0.3) is 5.91 Å². The van der Waals surface area contributed by atoms with Crippen LogP contribution in [0.15, 0.2) is 36.5 Å². The molecule has 2 aliphatic rings. The molecule has 1 amide bonds. The minimum Gasteiger partial charge on any atom is -0.374 e. The summed E-state index contributed by atoms with van der Waals surface area (Å²) in [5.41, 5.74) is -0.249. The maximum atomic E-state index is 12.8. The summed E-state index contributed by atoms with van der Waals surface area (Å²) < 4.78 is 44.0. The van der Waals surface area contributed by atoms with Crippen molar-refractivity contribution in [3.8, 4) is 0 Å². The second-order valence-corrected chi connectivity index (χ2v) is 6.74. The first-order chi connectivity index (χ1) is 13.4. The monoisotopic (exact) mass is 393 g/mol. The number of benzene rings is 1. The number of carbonyl (C=O) groups is 1. The van der Waals surface area contributed by atoms with Gasteiger partial charge in [0.2, 0.25) is 5.95 Å². The third kappa shape index (κ3) is 3.92. The van der Waals surface area contributed by atoms with Crippen LogP contribution in [0.25, 0.3) is 0 Å². The molecule has 3 atom stereocenters. The third-order valence-corrected chi connectivity index (χ3v) is 4.85. The number of alkyl halides is 3. The fraction of sp³-hybridized carbons (Fsp3) is 0.389. The van der Waals surface area contributed by atoms with Crippen LogP contribution in [0.5, 0.6) is 0 Å². The molecule has 3 N–H and O–H groups in total. The van der Waals surface area contributed by atoms with Crippen LogP contribution >= 0.6 is 0 Å². The Morgan fingerprint density at radius 3 is 2.93 bits per heavy atom. The van der Waals surface area contributed by atoms with Gasteiger partial charge in [0.1, 0.15) is 5.69 Å². The predicted octanol–water partition coefficient (Wildman–Crippen LogP) is 1.96. The number of aromatic nitrogens is 2. The fourth-order valence-electron chi connectivity index (χ4n) is 3.45. The maximum Gasteiger partial charge on any atom is 0.433 e. The van der Waals surface area contributed by atoms with Crippen molar-refractivity contribution >= 4 is 17.5 Å². The Hall–Kier alpha value is -2.72. The average molecular weight is 393 g/mol. The highest BCUT2D eigenvalue weighted by Crippen LogP contribution is 2.28. The molecule has 2 fully saturated rings. The number of halogens is 3. The summed E-state index contributed by atoms with van der Waals surface area (Å²) in [4.78, 5) is 19.8. The predicted molar refractivity (Wildman–Crippen MR) is 94.1 cm³/mol. The van der Waals surface area contributed by atoms with Crippen LogP contribution in [0.2, 0.25) is 0 Å². The first kappa shape index (κ1) is 18.6. The fourth-order valence-corrected chi connectivity index (χ4v) is 3.45. The van der Waals surface area contributed by atoms with Gasteiger partial charge < -0.3 is 20.7 Å². The van der Waals surface area contributed by atoms with Crippen LogP contribution in [-0.4, -0.2) is 47.7 Å². The van der Waals surface area contributed by atoms with Crippen LogP contribution in [0.1, 0.15) is 16.1 Å². The zero-order valence-electron chi connectivity index (χ0n) is 14.7. The van der Waals surface area contributed by atoms with Gasteiger partial charge in [-0.15, -0.1) is 0 Å². The summed E-state index contributed by atoms with van der Waals surface area (Å²) in [6.07, 6.45) is -3.41. The molecule has 1 aromatic carbocycles. The summed E-state index contributed by atoms with van der Waals surface area (Å²) in [5, 5.41) is 8.92. The summed E-state index contributed by atoms with van der Waals surface area (Å²) in [7, 11) is 0. The molecule has 0 aliphatic carbocycles. The number of anilines is 2. The number of ether oxygens (including phenoxy) is 1. The average Bonchev–Trinajstić information content (AvgIpc) is 3.27. The Morgan fingerprint density at radius 2 is 2.11 bits per heavy atom. The van der Waals surface area contributed by atoms with Crippen molar-refractivity contribution in [1.29, 1.82) is 0 Å². The van der Waals surface area contributed by atoms with E-state index in [1.807, 2.05) is 0 Å². The lowest BCUT2D eigenvalue weighted by Crippen LogP contribution is -2.41. The molecule has 10 heteroatoms. The van der Waals surface area contributed by atoms with Crippen LogP contribution in [0.4, 0.5) is 24.8 Å². The van der Waals surface area contributed by atoms with E-state index < -0.39 is 11.9 Å². The number of nitrogens with zero attached hydrogens (tertiary/aromatic N) is 2. The SMILES string of the molecule is O=C(N[C@@H]1CO[C@@H]2CNC[C@H]12)c1cccc(Nc2nccc(C(F)(F)F)n2)c1. The molecule has 148 valence electrons. The highest BCUT2D eigenvalue weighted by molar-refractivity contribution is 5.95. The van der Waals surface area contributed by atoms with Gasteiger partial charge in [-0.05, 0) is 24.3 Å². The van der Waals surface area contributed by atoms with E-state index in [4.69, 9.17) is 4.74 Å². The highest BCUT2D eigenvalue weighted by atomic mass is 19.4. The van der Waals surface area contributed by atoms with Gasteiger partial charge in [0.15, 0.2) is 0 Å². The Kier molecular flexibility index (Phi) is 4.90. The van der Waals surface area contributed by atoms with E-state index >= 15 is 0 Å². The topological polar surface area (TPSA) is 88.2 Å². The van der Waals surface area contributed by atoms with Crippen molar-refractivity contribution in [3.05, 3.63) is 47.8 Å². The molecule has 0 bridgehead atoms. The van der Waals surface area contributed by atoms with Crippen molar-refractivity contribution < 1.29 is 22.7 Å². The summed E-state index contributed by atoms with van der Waals surface area (Å²) in [6, 6.07) is 7.15. The zero-order valence-corrected chi connectivity index (χ0v) is 14.7. The van der Waals surface area contributed by atoms with Gasteiger partial charge in [-0.25, -0.2) is 9.97 Å². The van der Waals surface area contributed by atoms with E-state index in [2.05, 4.69) is 25.9 Å². The molecule has 0 radical (unpaired) electrons. The lowest BCUT2D eigenvalue weighted by molar-refractivity contribution is -0.141. The second-order valence-electron chi connectivity index (χ2n) is 6.74. The van der Waals surface area contributed by atoms with E-state index in [0.717, 1.165) is 25.4 Å². The standard InChI is InChI=1S/C18H18F3N5O2/c19-18(20,21)15-4-5-23-17(26-15)24-11-3-1-2-10(6-11)16(27)25-13-9-28-14-8-22-7-12(13)14/h1-6,12-14,22H,7-9H2,(H,25,27)(H,23,24,26)/t12-,13-,14-/m1/s1. The molecule has 28 heavy (non-hydrogen) atoms. The first-order valence-corrected chi connectivity index (χ1v) is 8.81. The molecular formula is C18H18F3N5O2. The molecule has 2 aliphatic heterocycles. The number of carbonyl (C=O) groups excluding carboxylic acids is 1. The van der Waals surface area contributed by atoms with E-state index in [1.54, 1.807) is 24.3 Å². The minimum atomic E-state index is -4.56. The zero-order chi connectivity index (χ0) is 19.7. The molecule has 2 saturated heterocycles. The van der Waals surface area contributed by atoms with E-state index in [0.29, 0.717) is 17.9 Å². The lowest BCUT2D eigenvalue weighted by Gasteiger charge is -2.17.